The van der Waals surface area contributed by atoms with E-state index in [1.54, 1.807) is 0 Å². The fourth-order valence-corrected chi connectivity index (χ4v) is 2.50. The number of fused-ring (bicyclic) bond motifs is 1. The zero-order valence-electron chi connectivity index (χ0n) is 10.2. The van der Waals surface area contributed by atoms with Gasteiger partial charge in [-0.3, -0.25) is 4.79 Å². The first-order chi connectivity index (χ1) is 9.22. The summed E-state index contributed by atoms with van der Waals surface area (Å²) in [6.07, 6.45) is 0.176. The fourth-order valence-electron chi connectivity index (χ4n) is 1.79. The maximum atomic E-state index is 11.9. The molecule has 5 nitrogen and oxygen atoms in total. The van der Waals surface area contributed by atoms with Gasteiger partial charge in [0.2, 0.25) is 5.91 Å². The molecule has 0 radical (unpaired) electrons. The Balaban J connectivity index is 1.76. The van der Waals surface area contributed by atoms with Crippen LogP contribution in [0.2, 0.25) is 0 Å². The van der Waals surface area contributed by atoms with E-state index in [1.165, 1.54) is 11.3 Å². The van der Waals surface area contributed by atoms with Crippen molar-refractivity contribution in [1.29, 1.82) is 0 Å². The van der Waals surface area contributed by atoms with E-state index in [4.69, 9.17) is 4.52 Å². The average Bonchev–Trinajstić information content (AvgIpc) is 2.97. The number of carbonyl (C=O) groups excluding carboxylic acids is 1. The summed E-state index contributed by atoms with van der Waals surface area (Å²) >= 11 is 1.41. The number of nitrogens with one attached hydrogen (secondary N) is 1. The number of hydrogen-bond donors (Lipinski definition) is 1. The van der Waals surface area contributed by atoms with Crippen molar-refractivity contribution in [2.45, 2.75) is 13.3 Å². The highest BCUT2D eigenvalue weighted by molar-refractivity contribution is 7.13. The molecule has 0 unspecified atom stereocenters. The minimum atomic E-state index is -0.145. The summed E-state index contributed by atoms with van der Waals surface area (Å²) in [5.74, 6) is -0.145. The van der Waals surface area contributed by atoms with Crippen molar-refractivity contribution in [3.05, 3.63) is 41.0 Å². The normalized spacial score (nSPS) is 10.8. The molecule has 1 amide bonds. The quantitative estimate of drug-likeness (QED) is 0.796. The van der Waals surface area contributed by atoms with E-state index < -0.39 is 0 Å². The Bertz CT molecular complexity index is 732. The third-order valence-electron chi connectivity index (χ3n) is 2.65. The molecule has 0 atom stereocenters. The third-order valence-corrected chi connectivity index (χ3v) is 3.52. The minimum absolute atomic E-state index is 0.145. The molecule has 0 aliphatic carbocycles. The zero-order valence-corrected chi connectivity index (χ0v) is 11.0. The van der Waals surface area contributed by atoms with Crippen LogP contribution in [0.25, 0.3) is 11.0 Å². The summed E-state index contributed by atoms with van der Waals surface area (Å²) < 4.78 is 5.16. The van der Waals surface area contributed by atoms with E-state index in [0.29, 0.717) is 16.4 Å². The van der Waals surface area contributed by atoms with Crippen molar-refractivity contribution in [2.24, 2.45) is 0 Å². The number of carbonyl (C=O) groups is 1. The van der Waals surface area contributed by atoms with Crippen molar-refractivity contribution >= 4 is 33.3 Å². The summed E-state index contributed by atoms with van der Waals surface area (Å²) in [4.78, 5) is 16.1. The molecule has 1 aromatic carbocycles. The van der Waals surface area contributed by atoms with Crippen LogP contribution in [-0.2, 0) is 11.2 Å². The number of para-hydroxylation sites is 1. The summed E-state index contributed by atoms with van der Waals surface area (Å²) in [5, 5.41) is 10.0. The van der Waals surface area contributed by atoms with E-state index in [0.717, 1.165) is 11.1 Å². The number of thiazole rings is 1. The fraction of sp³-hybridized carbons (Fsp3) is 0.154. The Labute approximate surface area is 113 Å². The molecule has 2 heterocycles. The molecule has 3 rings (SSSR count). The van der Waals surface area contributed by atoms with Crippen LogP contribution in [0.5, 0.6) is 0 Å². The smallest absolute Gasteiger partial charge is 0.232 e. The third kappa shape index (κ3) is 2.48. The molecule has 0 aliphatic rings. The summed E-state index contributed by atoms with van der Waals surface area (Å²) in [7, 11) is 0. The molecular formula is C13H11N3O2S. The molecular weight excluding hydrogens is 262 g/mol. The van der Waals surface area contributed by atoms with Gasteiger partial charge in [0, 0.05) is 10.8 Å². The molecule has 0 saturated heterocycles. The first kappa shape index (κ1) is 11.9. The largest absolute Gasteiger partial charge is 0.356 e. The number of anilines is 1. The predicted molar refractivity (Wildman–Crippen MR) is 73.2 cm³/mol. The number of nitrogens with zero attached hydrogens (tertiary/aromatic N) is 2. The van der Waals surface area contributed by atoms with Gasteiger partial charge in [-0.1, -0.05) is 17.3 Å². The van der Waals surface area contributed by atoms with Gasteiger partial charge in [-0.15, -0.1) is 11.3 Å². The number of amides is 1. The lowest BCUT2D eigenvalue weighted by Crippen LogP contribution is -2.14. The van der Waals surface area contributed by atoms with E-state index in [-0.39, 0.29) is 12.3 Å². The van der Waals surface area contributed by atoms with Crippen molar-refractivity contribution in [2.75, 3.05) is 5.32 Å². The highest BCUT2D eigenvalue weighted by atomic mass is 32.1. The Kier molecular flexibility index (Phi) is 3.00. The Morgan fingerprint density at radius 3 is 3.05 bits per heavy atom. The second-order valence-electron chi connectivity index (χ2n) is 4.14. The van der Waals surface area contributed by atoms with E-state index >= 15 is 0 Å². The summed E-state index contributed by atoms with van der Waals surface area (Å²) in [6, 6.07) is 7.48. The number of rotatable bonds is 3. The molecule has 19 heavy (non-hydrogen) atoms. The maximum absolute atomic E-state index is 11.9. The summed E-state index contributed by atoms with van der Waals surface area (Å²) in [6.45, 7) is 1.89. The van der Waals surface area contributed by atoms with Crippen LogP contribution in [0, 0.1) is 6.92 Å². The van der Waals surface area contributed by atoms with Gasteiger partial charge in [0.05, 0.1) is 12.1 Å². The Hall–Kier alpha value is -2.21. The number of benzene rings is 1. The van der Waals surface area contributed by atoms with Crippen molar-refractivity contribution in [3.8, 4) is 0 Å². The van der Waals surface area contributed by atoms with Gasteiger partial charge < -0.3 is 9.84 Å². The lowest BCUT2D eigenvalue weighted by molar-refractivity contribution is -0.115. The van der Waals surface area contributed by atoms with Gasteiger partial charge in [-0.05, 0) is 19.1 Å². The number of aromatic nitrogens is 2. The van der Waals surface area contributed by atoms with Crippen LogP contribution in [0.1, 0.15) is 11.4 Å². The molecule has 96 valence electrons. The van der Waals surface area contributed by atoms with Crippen molar-refractivity contribution in [3.63, 3.8) is 0 Å². The van der Waals surface area contributed by atoms with Gasteiger partial charge in [0.25, 0.3) is 0 Å². The lowest BCUT2D eigenvalue weighted by Gasteiger charge is -1.98. The van der Waals surface area contributed by atoms with Crippen LogP contribution in [0.3, 0.4) is 0 Å². The molecule has 6 heteroatoms. The van der Waals surface area contributed by atoms with Gasteiger partial charge in [0.1, 0.15) is 5.69 Å². The van der Waals surface area contributed by atoms with Crippen LogP contribution in [0.15, 0.2) is 34.2 Å². The molecule has 0 saturated carbocycles. The molecule has 2 aromatic heterocycles. The van der Waals surface area contributed by atoms with Gasteiger partial charge >= 0.3 is 0 Å². The monoisotopic (exact) mass is 273 g/mol. The Morgan fingerprint density at radius 2 is 2.26 bits per heavy atom. The summed E-state index contributed by atoms with van der Waals surface area (Å²) in [5.41, 5.74) is 2.23. The molecule has 0 spiro atoms. The van der Waals surface area contributed by atoms with Crippen molar-refractivity contribution < 1.29 is 9.32 Å². The highest BCUT2D eigenvalue weighted by Crippen LogP contribution is 2.19. The minimum Gasteiger partial charge on any atom is -0.356 e. The van der Waals surface area contributed by atoms with Gasteiger partial charge in [0.15, 0.2) is 10.7 Å². The van der Waals surface area contributed by atoms with E-state index in [9.17, 15) is 4.79 Å². The topological polar surface area (TPSA) is 68.0 Å². The van der Waals surface area contributed by atoms with Crippen LogP contribution >= 0.6 is 11.3 Å². The standard InChI is InChI=1S/C13H11N3O2S/c1-8-7-19-13(14-8)15-12(17)6-10-9-4-2-3-5-11(9)18-16-10/h2-5,7H,6H2,1H3,(H,14,15,17). The highest BCUT2D eigenvalue weighted by Gasteiger charge is 2.13. The molecule has 0 fully saturated rings. The van der Waals surface area contributed by atoms with Crippen molar-refractivity contribution in [1.82, 2.24) is 10.1 Å². The number of hydrogen-bond acceptors (Lipinski definition) is 5. The average molecular weight is 273 g/mol. The zero-order chi connectivity index (χ0) is 13.2. The predicted octanol–water partition coefficient (Wildman–Crippen LogP) is 2.77. The first-order valence-corrected chi connectivity index (χ1v) is 6.65. The SMILES string of the molecule is Cc1csc(NC(=O)Cc2noc3ccccc23)n1. The maximum Gasteiger partial charge on any atom is 0.232 e. The Morgan fingerprint density at radius 1 is 1.42 bits per heavy atom. The molecule has 3 aromatic rings. The lowest BCUT2D eigenvalue weighted by atomic mass is 10.2. The number of aryl methyl sites for hydroxylation is 1. The van der Waals surface area contributed by atoms with Crippen LogP contribution in [-0.4, -0.2) is 16.0 Å². The molecule has 0 aliphatic heterocycles. The van der Waals surface area contributed by atoms with Gasteiger partial charge in [-0.25, -0.2) is 4.98 Å². The van der Waals surface area contributed by atoms with E-state index in [2.05, 4.69) is 15.5 Å². The van der Waals surface area contributed by atoms with E-state index in [1.807, 2.05) is 36.6 Å². The molecule has 1 N–H and O–H groups in total. The molecule has 0 bridgehead atoms. The van der Waals surface area contributed by atoms with Crippen LogP contribution < -0.4 is 5.32 Å². The first-order valence-electron chi connectivity index (χ1n) is 5.77. The van der Waals surface area contributed by atoms with Crippen LogP contribution in [0.4, 0.5) is 5.13 Å². The second-order valence-corrected chi connectivity index (χ2v) is 5.00. The second kappa shape index (κ2) is 4.81. The van der Waals surface area contributed by atoms with Gasteiger partial charge in [-0.2, -0.15) is 0 Å².